The molecule has 0 radical (unpaired) electrons. The van der Waals surface area contributed by atoms with Gasteiger partial charge in [-0.15, -0.1) is 0 Å². The van der Waals surface area contributed by atoms with Gasteiger partial charge in [0.15, 0.2) is 0 Å². The number of nitrogens with one attached hydrogen (secondary N) is 1. The fourth-order valence-corrected chi connectivity index (χ4v) is 5.18. The van der Waals surface area contributed by atoms with Gasteiger partial charge in [0.25, 0.3) is 0 Å². The number of aliphatic carboxylic acids is 1. The van der Waals surface area contributed by atoms with Gasteiger partial charge in [-0.2, -0.15) is 0 Å². The summed E-state index contributed by atoms with van der Waals surface area (Å²) in [5, 5.41) is 22.1. The number of carbonyl (C=O) groups excluding carboxylic acids is 2. The van der Waals surface area contributed by atoms with E-state index >= 15 is 0 Å². The molecule has 0 bridgehead atoms. The zero-order chi connectivity index (χ0) is 23.8. The van der Waals surface area contributed by atoms with E-state index in [4.69, 9.17) is 4.74 Å². The standard InChI is InChI=1S/C26H28N2O6/c29-16-12-23(25(31)32)28(13-16)24(30)22(11-15-9-10-15)27-26(33)34-14-21-19-7-3-1-5-17(19)18-6-2-4-8-20(18)21/h1-8,15-16,21-23,29H,9-14H2,(H,27,33)(H,31,32)/t16-,22?,23-/m0/s1. The average molecular weight is 465 g/mol. The smallest absolute Gasteiger partial charge is 0.407 e. The van der Waals surface area contributed by atoms with E-state index in [-0.39, 0.29) is 25.5 Å². The molecule has 1 saturated heterocycles. The van der Waals surface area contributed by atoms with Crippen molar-refractivity contribution in [1.82, 2.24) is 10.2 Å². The van der Waals surface area contributed by atoms with Crippen LogP contribution in [0.5, 0.6) is 0 Å². The summed E-state index contributed by atoms with van der Waals surface area (Å²) >= 11 is 0. The summed E-state index contributed by atoms with van der Waals surface area (Å²) in [6.07, 6.45) is 0.778. The van der Waals surface area contributed by atoms with E-state index in [1.165, 1.54) is 4.90 Å². The Morgan fingerprint density at radius 2 is 1.65 bits per heavy atom. The number of carbonyl (C=O) groups is 3. The first-order valence-corrected chi connectivity index (χ1v) is 11.7. The summed E-state index contributed by atoms with van der Waals surface area (Å²) < 4.78 is 5.59. The maximum Gasteiger partial charge on any atom is 0.407 e. The van der Waals surface area contributed by atoms with Crippen LogP contribution in [0, 0.1) is 5.92 Å². The van der Waals surface area contributed by atoms with Gasteiger partial charge in [0.2, 0.25) is 5.91 Å². The predicted octanol–water partition coefficient (Wildman–Crippen LogP) is 2.74. The number of rotatable bonds is 7. The zero-order valence-electron chi connectivity index (χ0n) is 18.7. The summed E-state index contributed by atoms with van der Waals surface area (Å²) in [7, 11) is 0. The van der Waals surface area contributed by atoms with E-state index in [0.717, 1.165) is 35.1 Å². The Morgan fingerprint density at radius 3 is 2.24 bits per heavy atom. The van der Waals surface area contributed by atoms with Crippen molar-refractivity contribution in [2.24, 2.45) is 5.92 Å². The van der Waals surface area contributed by atoms with Crippen molar-refractivity contribution >= 4 is 18.0 Å². The number of aliphatic hydroxyl groups excluding tert-OH is 1. The van der Waals surface area contributed by atoms with Crippen LogP contribution in [0.25, 0.3) is 11.1 Å². The van der Waals surface area contributed by atoms with Crippen LogP contribution in [0.1, 0.15) is 42.7 Å². The number of hydrogen-bond donors (Lipinski definition) is 3. The average Bonchev–Trinajstić information content (AvgIpc) is 3.47. The number of aliphatic hydroxyl groups is 1. The van der Waals surface area contributed by atoms with Gasteiger partial charge >= 0.3 is 12.1 Å². The molecule has 1 heterocycles. The van der Waals surface area contributed by atoms with Gasteiger partial charge in [0.1, 0.15) is 18.7 Å². The number of fused-ring (bicyclic) bond motifs is 3. The lowest BCUT2D eigenvalue weighted by Crippen LogP contribution is -2.52. The number of ether oxygens (including phenoxy) is 1. The molecule has 34 heavy (non-hydrogen) atoms. The lowest BCUT2D eigenvalue weighted by atomic mass is 9.98. The monoisotopic (exact) mass is 464 g/mol. The molecule has 1 unspecified atom stereocenters. The Morgan fingerprint density at radius 1 is 1.03 bits per heavy atom. The first kappa shape index (κ1) is 22.4. The second-order valence-electron chi connectivity index (χ2n) is 9.44. The highest BCUT2D eigenvalue weighted by Crippen LogP contribution is 2.44. The number of β-amino-alcohol motifs (C(OH)–C–C–N with tert-alkyl or cyclic N) is 1. The Kier molecular flexibility index (Phi) is 6.00. The first-order valence-electron chi connectivity index (χ1n) is 11.7. The van der Waals surface area contributed by atoms with Gasteiger partial charge in [0, 0.05) is 18.9 Å². The van der Waals surface area contributed by atoms with Crippen LogP contribution in [0.4, 0.5) is 4.79 Å². The maximum absolute atomic E-state index is 13.2. The summed E-state index contributed by atoms with van der Waals surface area (Å²) in [6.45, 7) is 0.0771. The molecule has 2 aliphatic carbocycles. The Labute approximate surface area is 197 Å². The maximum atomic E-state index is 13.2. The highest BCUT2D eigenvalue weighted by molar-refractivity contribution is 5.90. The number of alkyl carbamates (subject to hydrolysis) is 1. The summed E-state index contributed by atoms with van der Waals surface area (Å²) in [5.41, 5.74) is 4.44. The van der Waals surface area contributed by atoms with Crippen LogP contribution in [-0.4, -0.2) is 64.4 Å². The SMILES string of the molecule is O=C(NC(CC1CC1)C(=O)N1C[C@@H](O)C[C@H]1C(=O)O)OCC1c2ccccc2-c2ccccc21. The molecule has 2 aromatic rings. The highest BCUT2D eigenvalue weighted by Gasteiger charge is 2.43. The normalized spacial score (nSPS) is 22.1. The molecule has 2 amide bonds. The van der Waals surface area contributed by atoms with Crippen LogP contribution in [0.2, 0.25) is 0 Å². The number of likely N-dealkylation sites (tertiary alicyclic amines) is 1. The van der Waals surface area contributed by atoms with Gasteiger partial charge in [-0.25, -0.2) is 9.59 Å². The molecule has 3 atom stereocenters. The molecule has 0 spiro atoms. The van der Waals surface area contributed by atoms with Crippen LogP contribution in [0.3, 0.4) is 0 Å². The Bertz CT molecular complexity index is 1070. The number of nitrogens with zero attached hydrogens (tertiary/aromatic N) is 1. The molecule has 8 nitrogen and oxygen atoms in total. The van der Waals surface area contributed by atoms with Crippen molar-refractivity contribution in [3.63, 3.8) is 0 Å². The molecule has 0 aromatic heterocycles. The second kappa shape index (κ2) is 9.10. The molecule has 1 aliphatic heterocycles. The predicted molar refractivity (Wildman–Crippen MR) is 123 cm³/mol. The van der Waals surface area contributed by atoms with E-state index in [1.807, 2.05) is 36.4 Å². The van der Waals surface area contributed by atoms with Gasteiger partial charge in [0.05, 0.1) is 6.10 Å². The molecule has 3 N–H and O–H groups in total. The van der Waals surface area contributed by atoms with Crippen LogP contribution in [-0.2, 0) is 14.3 Å². The summed E-state index contributed by atoms with van der Waals surface area (Å²) in [5.74, 6) is -1.42. The number of benzene rings is 2. The van der Waals surface area contributed by atoms with E-state index in [2.05, 4.69) is 17.4 Å². The largest absolute Gasteiger partial charge is 0.480 e. The van der Waals surface area contributed by atoms with Crippen LogP contribution in [0.15, 0.2) is 48.5 Å². The third-order valence-corrected chi connectivity index (χ3v) is 7.05. The van der Waals surface area contributed by atoms with Crippen molar-refractivity contribution in [3.8, 4) is 11.1 Å². The van der Waals surface area contributed by atoms with E-state index < -0.39 is 36.2 Å². The third-order valence-electron chi connectivity index (χ3n) is 7.05. The summed E-state index contributed by atoms with van der Waals surface area (Å²) in [6, 6.07) is 14.1. The molecule has 5 rings (SSSR count). The van der Waals surface area contributed by atoms with Crippen molar-refractivity contribution in [1.29, 1.82) is 0 Å². The lowest BCUT2D eigenvalue weighted by molar-refractivity contribution is -0.149. The van der Waals surface area contributed by atoms with E-state index in [0.29, 0.717) is 12.3 Å². The fraction of sp³-hybridized carbons (Fsp3) is 0.423. The molecular weight excluding hydrogens is 436 g/mol. The van der Waals surface area contributed by atoms with Gasteiger partial charge in [-0.1, -0.05) is 61.4 Å². The Hall–Kier alpha value is -3.39. The summed E-state index contributed by atoms with van der Waals surface area (Å²) in [4.78, 5) is 38.7. The van der Waals surface area contributed by atoms with Crippen LogP contribution < -0.4 is 5.32 Å². The van der Waals surface area contributed by atoms with Gasteiger partial charge < -0.3 is 25.2 Å². The minimum atomic E-state index is -1.16. The number of carboxylic acids is 1. The topological polar surface area (TPSA) is 116 Å². The zero-order valence-corrected chi connectivity index (χ0v) is 18.7. The van der Waals surface area contributed by atoms with Gasteiger partial charge in [-0.05, 0) is 34.6 Å². The fourth-order valence-electron chi connectivity index (χ4n) is 5.18. The molecule has 3 aliphatic rings. The second-order valence-corrected chi connectivity index (χ2v) is 9.44. The van der Waals surface area contributed by atoms with Crippen LogP contribution >= 0.6 is 0 Å². The molecule has 1 saturated carbocycles. The highest BCUT2D eigenvalue weighted by atomic mass is 16.5. The minimum absolute atomic E-state index is 0.0117. The van der Waals surface area contributed by atoms with Crippen molar-refractivity contribution in [2.75, 3.05) is 13.2 Å². The molecule has 2 aromatic carbocycles. The molecular formula is C26H28N2O6. The number of carboxylic acid groups (broad SMARTS) is 1. The lowest BCUT2D eigenvalue weighted by Gasteiger charge is -2.27. The molecule has 178 valence electrons. The Balaban J connectivity index is 1.27. The van der Waals surface area contributed by atoms with Crippen molar-refractivity contribution in [2.45, 2.75) is 49.8 Å². The van der Waals surface area contributed by atoms with E-state index in [9.17, 15) is 24.6 Å². The van der Waals surface area contributed by atoms with E-state index in [1.54, 1.807) is 0 Å². The van der Waals surface area contributed by atoms with Crippen molar-refractivity contribution < 1.29 is 29.3 Å². The molecule has 2 fully saturated rings. The molecule has 8 heteroatoms. The number of hydrogen-bond acceptors (Lipinski definition) is 5. The number of amides is 2. The first-order chi connectivity index (χ1) is 16.4. The van der Waals surface area contributed by atoms with Gasteiger partial charge in [-0.3, -0.25) is 4.79 Å². The minimum Gasteiger partial charge on any atom is -0.480 e. The third kappa shape index (κ3) is 4.37. The quantitative estimate of drug-likeness (QED) is 0.580. The van der Waals surface area contributed by atoms with Crippen molar-refractivity contribution in [3.05, 3.63) is 59.7 Å².